The standard InChI is InChI=1S/C18H19F2N5O2/c1-11(12-5-18(26)21-6-12)27-16-4-13(9-25-15(16)2-3-22-25)14-7-23-24(8-14)10-17(19)20/h2-4,7-9,11-12,17H,5-6,10H2,1H3,(H,21,26). The molecular weight excluding hydrogens is 356 g/mol. The summed E-state index contributed by atoms with van der Waals surface area (Å²) in [6.45, 7) is 2.08. The Kier molecular flexibility index (Phi) is 4.51. The maximum atomic E-state index is 12.6. The molecule has 0 radical (unpaired) electrons. The van der Waals surface area contributed by atoms with Crippen molar-refractivity contribution in [1.29, 1.82) is 0 Å². The number of hydrogen-bond acceptors (Lipinski definition) is 4. The summed E-state index contributed by atoms with van der Waals surface area (Å²) in [5, 5.41) is 11.1. The van der Waals surface area contributed by atoms with Gasteiger partial charge in [-0.05, 0) is 19.1 Å². The molecule has 0 aliphatic carbocycles. The molecule has 0 bridgehead atoms. The first-order chi connectivity index (χ1) is 13.0. The largest absolute Gasteiger partial charge is 0.488 e. The minimum atomic E-state index is -2.46. The summed E-state index contributed by atoms with van der Waals surface area (Å²) in [5.74, 6) is 0.751. The molecule has 0 spiro atoms. The number of halogens is 2. The van der Waals surface area contributed by atoms with Crippen LogP contribution in [0.3, 0.4) is 0 Å². The number of ether oxygens (including phenoxy) is 1. The zero-order chi connectivity index (χ0) is 19.0. The van der Waals surface area contributed by atoms with Gasteiger partial charge in [0.2, 0.25) is 5.91 Å². The van der Waals surface area contributed by atoms with Crippen LogP contribution in [0, 0.1) is 5.92 Å². The number of fused-ring (bicyclic) bond motifs is 1. The molecule has 1 aliphatic rings. The Morgan fingerprint density at radius 1 is 1.33 bits per heavy atom. The molecule has 3 aromatic rings. The normalized spacial score (nSPS) is 18.2. The highest BCUT2D eigenvalue weighted by molar-refractivity contribution is 5.78. The molecule has 3 aromatic heterocycles. The summed E-state index contributed by atoms with van der Waals surface area (Å²) in [4.78, 5) is 11.5. The number of rotatable bonds is 6. The molecule has 1 amide bonds. The van der Waals surface area contributed by atoms with E-state index in [1.54, 1.807) is 29.3 Å². The van der Waals surface area contributed by atoms with Crippen molar-refractivity contribution in [2.24, 2.45) is 5.92 Å². The third-order valence-corrected chi connectivity index (χ3v) is 4.75. The van der Waals surface area contributed by atoms with Crippen LogP contribution in [0.1, 0.15) is 13.3 Å². The Balaban J connectivity index is 1.63. The predicted molar refractivity (Wildman–Crippen MR) is 93.6 cm³/mol. The second kappa shape index (κ2) is 6.98. The van der Waals surface area contributed by atoms with Crippen LogP contribution < -0.4 is 10.1 Å². The monoisotopic (exact) mass is 375 g/mol. The first-order valence-electron chi connectivity index (χ1n) is 8.71. The van der Waals surface area contributed by atoms with Gasteiger partial charge in [-0.15, -0.1) is 0 Å². The van der Waals surface area contributed by atoms with E-state index in [1.165, 1.54) is 4.68 Å². The number of aromatic nitrogens is 4. The van der Waals surface area contributed by atoms with Crippen LogP contribution in [0.2, 0.25) is 0 Å². The number of carbonyl (C=O) groups excluding carboxylic acids is 1. The second-order valence-electron chi connectivity index (χ2n) is 6.69. The highest BCUT2D eigenvalue weighted by atomic mass is 19.3. The van der Waals surface area contributed by atoms with Gasteiger partial charge in [-0.3, -0.25) is 9.48 Å². The van der Waals surface area contributed by atoms with Crippen molar-refractivity contribution in [3.8, 4) is 16.9 Å². The van der Waals surface area contributed by atoms with E-state index < -0.39 is 13.0 Å². The smallest absolute Gasteiger partial charge is 0.257 e. The Bertz CT molecular complexity index is 968. The van der Waals surface area contributed by atoms with Crippen molar-refractivity contribution in [2.45, 2.75) is 32.4 Å². The summed E-state index contributed by atoms with van der Waals surface area (Å²) in [7, 11) is 0. The molecule has 0 saturated carbocycles. The number of alkyl halides is 2. The molecule has 1 aliphatic heterocycles. The summed E-state index contributed by atoms with van der Waals surface area (Å²) in [6, 6.07) is 3.69. The Morgan fingerprint density at radius 2 is 2.19 bits per heavy atom. The van der Waals surface area contributed by atoms with E-state index in [9.17, 15) is 13.6 Å². The van der Waals surface area contributed by atoms with E-state index in [-0.39, 0.29) is 17.9 Å². The fraction of sp³-hybridized carbons (Fsp3) is 0.389. The van der Waals surface area contributed by atoms with Crippen LogP contribution in [0.4, 0.5) is 8.78 Å². The number of hydrogen-bond donors (Lipinski definition) is 1. The van der Waals surface area contributed by atoms with Gasteiger partial charge in [0, 0.05) is 42.4 Å². The first-order valence-corrected chi connectivity index (χ1v) is 8.71. The first kappa shape index (κ1) is 17.4. The molecule has 2 unspecified atom stereocenters. The minimum absolute atomic E-state index is 0.0325. The highest BCUT2D eigenvalue weighted by Crippen LogP contribution is 2.30. The van der Waals surface area contributed by atoms with Crippen LogP contribution >= 0.6 is 0 Å². The van der Waals surface area contributed by atoms with E-state index in [4.69, 9.17) is 4.74 Å². The third kappa shape index (κ3) is 3.62. The van der Waals surface area contributed by atoms with Crippen molar-refractivity contribution in [1.82, 2.24) is 24.7 Å². The summed E-state index contributed by atoms with van der Waals surface area (Å²) >= 11 is 0. The molecule has 4 heterocycles. The van der Waals surface area contributed by atoms with Gasteiger partial charge >= 0.3 is 0 Å². The highest BCUT2D eigenvalue weighted by Gasteiger charge is 2.28. The fourth-order valence-corrected chi connectivity index (χ4v) is 3.26. The van der Waals surface area contributed by atoms with Crippen molar-refractivity contribution in [3.05, 3.63) is 36.9 Å². The van der Waals surface area contributed by atoms with Gasteiger partial charge in [-0.1, -0.05) is 0 Å². The molecule has 7 nitrogen and oxygen atoms in total. The molecule has 27 heavy (non-hydrogen) atoms. The van der Waals surface area contributed by atoms with Gasteiger partial charge in [0.1, 0.15) is 23.9 Å². The Morgan fingerprint density at radius 3 is 2.93 bits per heavy atom. The van der Waals surface area contributed by atoms with E-state index in [1.807, 2.05) is 19.1 Å². The van der Waals surface area contributed by atoms with E-state index >= 15 is 0 Å². The number of carbonyl (C=O) groups is 1. The molecular formula is C18H19F2N5O2. The van der Waals surface area contributed by atoms with E-state index in [0.717, 1.165) is 11.1 Å². The molecule has 1 saturated heterocycles. The molecule has 1 fully saturated rings. The Labute approximate surface area is 153 Å². The van der Waals surface area contributed by atoms with Gasteiger partial charge in [0.25, 0.3) is 6.43 Å². The van der Waals surface area contributed by atoms with Crippen molar-refractivity contribution in [2.75, 3.05) is 6.54 Å². The van der Waals surface area contributed by atoms with Crippen LogP contribution in [-0.2, 0) is 11.3 Å². The maximum absolute atomic E-state index is 12.6. The number of nitrogens with one attached hydrogen (secondary N) is 1. The zero-order valence-corrected chi connectivity index (χ0v) is 14.7. The summed E-state index contributed by atoms with van der Waals surface area (Å²) in [6.07, 6.45) is 4.39. The summed E-state index contributed by atoms with van der Waals surface area (Å²) in [5.41, 5.74) is 2.25. The lowest BCUT2D eigenvalue weighted by molar-refractivity contribution is -0.119. The fourth-order valence-electron chi connectivity index (χ4n) is 3.26. The minimum Gasteiger partial charge on any atom is -0.488 e. The maximum Gasteiger partial charge on any atom is 0.257 e. The van der Waals surface area contributed by atoms with Crippen molar-refractivity contribution in [3.63, 3.8) is 0 Å². The van der Waals surface area contributed by atoms with Crippen LogP contribution in [-0.4, -0.2) is 44.4 Å². The quantitative estimate of drug-likeness (QED) is 0.718. The SMILES string of the molecule is CC(Oc1cc(-c2cnn(CC(F)F)c2)cn2nccc12)C1CNC(=O)C1. The van der Waals surface area contributed by atoms with Gasteiger partial charge < -0.3 is 10.1 Å². The zero-order valence-electron chi connectivity index (χ0n) is 14.7. The van der Waals surface area contributed by atoms with Crippen LogP contribution in [0.25, 0.3) is 16.6 Å². The lowest BCUT2D eigenvalue weighted by Crippen LogP contribution is -2.25. The second-order valence-corrected chi connectivity index (χ2v) is 6.69. The van der Waals surface area contributed by atoms with Crippen LogP contribution in [0.15, 0.2) is 36.9 Å². The van der Waals surface area contributed by atoms with E-state index in [0.29, 0.717) is 24.3 Å². The summed E-state index contributed by atoms with van der Waals surface area (Å²) < 4.78 is 34.2. The molecule has 9 heteroatoms. The lowest BCUT2D eigenvalue weighted by atomic mass is 10.0. The predicted octanol–water partition coefficient (Wildman–Crippen LogP) is 2.37. The Hall–Kier alpha value is -2.97. The number of amides is 1. The van der Waals surface area contributed by atoms with Crippen molar-refractivity contribution < 1.29 is 18.3 Å². The van der Waals surface area contributed by atoms with E-state index in [2.05, 4.69) is 15.5 Å². The van der Waals surface area contributed by atoms with Gasteiger partial charge in [0.15, 0.2) is 0 Å². The lowest BCUT2D eigenvalue weighted by Gasteiger charge is -2.20. The van der Waals surface area contributed by atoms with Crippen molar-refractivity contribution >= 4 is 11.4 Å². The molecule has 1 N–H and O–H groups in total. The molecule has 142 valence electrons. The molecule has 4 rings (SSSR count). The average Bonchev–Trinajstić information content (AvgIpc) is 3.34. The average molecular weight is 375 g/mol. The third-order valence-electron chi connectivity index (χ3n) is 4.75. The van der Waals surface area contributed by atoms with Gasteiger partial charge in [-0.2, -0.15) is 10.2 Å². The molecule has 0 aromatic carbocycles. The topological polar surface area (TPSA) is 73.5 Å². The van der Waals surface area contributed by atoms with Crippen LogP contribution in [0.5, 0.6) is 5.75 Å². The van der Waals surface area contributed by atoms with Gasteiger partial charge in [-0.25, -0.2) is 13.3 Å². The van der Waals surface area contributed by atoms with Gasteiger partial charge in [0.05, 0.1) is 12.4 Å². The molecule has 2 atom stereocenters. The number of pyridine rings is 1. The number of nitrogens with zero attached hydrogens (tertiary/aromatic N) is 4.